The molecule has 0 aliphatic heterocycles. The molecule has 1 atom stereocenters. The molecule has 0 amide bonds. The van der Waals surface area contributed by atoms with Crippen LogP contribution in [0.1, 0.15) is 31.2 Å². The Balaban J connectivity index is 2.02. The van der Waals surface area contributed by atoms with E-state index in [2.05, 4.69) is 47.2 Å². The fourth-order valence-corrected chi connectivity index (χ4v) is 2.38. The average Bonchev–Trinajstić information content (AvgIpc) is 2.90. The van der Waals surface area contributed by atoms with Crippen LogP contribution in [0.2, 0.25) is 0 Å². The minimum absolute atomic E-state index is 0.334. The van der Waals surface area contributed by atoms with Gasteiger partial charge in [-0.05, 0) is 59.2 Å². The molecule has 0 bridgehead atoms. The zero-order valence-electron chi connectivity index (χ0n) is 11.2. The normalized spacial score (nSPS) is 12.4. The van der Waals surface area contributed by atoms with Crippen molar-refractivity contribution in [3.8, 4) is 5.75 Å². The van der Waals surface area contributed by atoms with Gasteiger partial charge in [0.05, 0.1) is 10.7 Å². The quantitative estimate of drug-likeness (QED) is 0.861. The van der Waals surface area contributed by atoms with E-state index in [0.29, 0.717) is 12.6 Å². The lowest BCUT2D eigenvalue weighted by Gasteiger charge is -2.14. The molecule has 0 radical (unpaired) electrons. The molecule has 1 aromatic carbocycles. The van der Waals surface area contributed by atoms with Crippen molar-refractivity contribution in [3.05, 3.63) is 52.4 Å². The van der Waals surface area contributed by atoms with Crippen molar-refractivity contribution in [2.75, 3.05) is 6.54 Å². The number of rotatable bonds is 6. The number of furan rings is 1. The molecule has 1 N–H and O–H groups in total. The van der Waals surface area contributed by atoms with Crippen LogP contribution in [0.25, 0.3) is 0 Å². The highest BCUT2D eigenvalue weighted by Gasteiger charge is 2.08. The lowest BCUT2D eigenvalue weighted by molar-refractivity contribution is 0.268. The smallest absolute Gasteiger partial charge is 0.146 e. The van der Waals surface area contributed by atoms with Crippen molar-refractivity contribution in [1.82, 2.24) is 5.32 Å². The number of nitrogens with one attached hydrogen (secondary N) is 1. The maximum absolute atomic E-state index is 5.71. The second-order valence-electron chi connectivity index (χ2n) is 4.34. The summed E-state index contributed by atoms with van der Waals surface area (Å²) in [4.78, 5) is 0. The molecule has 0 fully saturated rings. The molecule has 0 aliphatic carbocycles. The van der Waals surface area contributed by atoms with E-state index in [0.717, 1.165) is 22.5 Å². The van der Waals surface area contributed by atoms with E-state index < -0.39 is 0 Å². The first-order chi connectivity index (χ1) is 9.20. The van der Waals surface area contributed by atoms with Crippen molar-refractivity contribution < 1.29 is 9.15 Å². The number of hydrogen-bond acceptors (Lipinski definition) is 3. The van der Waals surface area contributed by atoms with Gasteiger partial charge >= 0.3 is 0 Å². The molecule has 1 heterocycles. The van der Waals surface area contributed by atoms with E-state index in [9.17, 15) is 0 Å². The summed E-state index contributed by atoms with van der Waals surface area (Å²) < 4.78 is 11.9. The molecule has 0 saturated carbocycles. The van der Waals surface area contributed by atoms with Crippen LogP contribution >= 0.6 is 15.9 Å². The highest BCUT2D eigenvalue weighted by molar-refractivity contribution is 9.10. The third kappa shape index (κ3) is 3.85. The Kier molecular flexibility index (Phi) is 5.05. The number of benzene rings is 1. The minimum atomic E-state index is 0.334. The number of halogens is 1. The Labute approximate surface area is 122 Å². The van der Waals surface area contributed by atoms with Gasteiger partial charge in [-0.15, -0.1) is 0 Å². The minimum Gasteiger partial charge on any atom is -0.484 e. The zero-order valence-corrected chi connectivity index (χ0v) is 12.7. The monoisotopic (exact) mass is 323 g/mol. The van der Waals surface area contributed by atoms with Crippen molar-refractivity contribution in [2.45, 2.75) is 26.5 Å². The van der Waals surface area contributed by atoms with Crippen molar-refractivity contribution in [2.24, 2.45) is 0 Å². The molecule has 1 unspecified atom stereocenters. The Morgan fingerprint density at radius 3 is 2.84 bits per heavy atom. The van der Waals surface area contributed by atoms with Crippen LogP contribution in [-0.4, -0.2) is 6.54 Å². The Morgan fingerprint density at radius 1 is 1.37 bits per heavy atom. The molecule has 19 heavy (non-hydrogen) atoms. The first-order valence-corrected chi connectivity index (χ1v) is 7.18. The summed E-state index contributed by atoms with van der Waals surface area (Å²) >= 11 is 3.55. The Morgan fingerprint density at radius 2 is 2.21 bits per heavy atom. The van der Waals surface area contributed by atoms with Crippen LogP contribution in [0.4, 0.5) is 0 Å². The van der Waals surface area contributed by atoms with Gasteiger partial charge in [0.2, 0.25) is 0 Å². The molecular weight excluding hydrogens is 306 g/mol. The van der Waals surface area contributed by atoms with E-state index in [1.165, 1.54) is 5.56 Å². The van der Waals surface area contributed by atoms with Crippen LogP contribution < -0.4 is 10.1 Å². The van der Waals surface area contributed by atoms with Crippen LogP contribution in [0.5, 0.6) is 5.75 Å². The summed E-state index contributed by atoms with van der Waals surface area (Å²) in [5.74, 6) is 1.64. The van der Waals surface area contributed by atoms with Gasteiger partial charge in [-0.1, -0.05) is 13.0 Å². The van der Waals surface area contributed by atoms with Gasteiger partial charge in [-0.2, -0.15) is 0 Å². The Hall–Kier alpha value is -1.26. The molecule has 0 spiro atoms. The fraction of sp³-hybridized carbons (Fsp3) is 0.333. The highest BCUT2D eigenvalue weighted by atomic mass is 79.9. The second kappa shape index (κ2) is 6.78. The molecule has 0 aliphatic rings. The lowest BCUT2D eigenvalue weighted by Crippen LogP contribution is -2.17. The van der Waals surface area contributed by atoms with Crippen molar-refractivity contribution in [3.63, 3.8) is 0 Å². The van der Waals surface area contributed by atoms with Crippen molar-refractivity contribution >= 4 is 15.9 Å². The van der Waals surface area contributed by atoms with Gasteiger partial charge in [-0.3, -0.25) is 0 Å². The average molecular weight is 324 g/mol. The lowest BCUT2D eigenvalue weighted by atomic mass is 10.1. The molecule has 2 rings (SSSR count). The van der Waals surface area contributed by atoms with E-state index in [1.807, 2.05) is 18.2 Å². The van der Waals surface area contributed by atoms with Gasteiger partial charge in [-0.25, -0.2) is 0 Å². The maximum Gasteiger partial charge on any atom is 0.146 e. The SMILES string of the molecule is CCNC(C)c1ccc(OCc2ccco2)c(Br)c1. The van der Waals surface area contributed by atoms with Crippen LogP contribution in [0.15, 0.2) is 45.5 Å². The van der Waals surface area contributed by atoms with Gasteiger partial charge in [0.1, 0.15) is 18.1 Å². The third-order valence-corrected chi connectivity index (χ3v) is 3.54. The topological polar surface area (TPSA) is 34.4 Å². The van der Waals surface area contributed by atoms with Gasteiger partial charge < -0.3 is 14.5 Å². The highest BCUT2D eigenvalue weighted by Crippen LogP contribution is 2.29. The molecule has 1 aromatic heterocycles. The fourth-order valence-electron chi connectivity index (χ4n) is 1.87. The third-order valence-electron chi connectivity index (χ3n) is 2.92. The maximum atomic E-state index is 5.71. The van der Waals surface area contributed by atoms with E-state index in [4.69, 9.17) is 9.15 Å². The standard InChI is InChI=1S/C15H18BrNO2/c1-3-17-11(2)12-6-7-15(14(16)9-12)19-10-13-5-4-8-18-13/h4-9,11,17H,3,10H2,1-2H3. The Bertz CT molecular complexity index is 511. The zero-order chi connectivity index (χ0) is 13.7. The predicted octanol–water partition coefficient (Wildman–Crippen LogP) is 4.29. The number of ether oxygens (including phenoxy) is 1. The molecule has 102 valence electrons. The van der Waals surface area contributed by atoms with Crippen LogP contribution in [0.3, 0.4) is 0 Å². The van der Waals surface area contributed by atoms with Crippen LogP contribution in [0, 0.1) is 0 Å². The van der Waals surface area contributed by atoms with Gasteiger partial charge in [0.15, 0.2) is 0 Å². The van der Waals surface area contributed by atoms with E-state index >= 15 is 0 Å². The van der Waals surface area contributed by atoms with Crippen molar-refractivity contribution in [1.29, 1.82) is 0 Å². The van der Waals surface area contributed by atoms with Crippen LogP contribution in [-0.2, 0) is 6.61 Å². The summed E-state index contributed by atoms with van der Waals surface area (Å²) in [6.07, 6.45) is 1.65. The number of hydrogen-bond donors (Lipinski definition) is 1. The summed E-state index contributed by atoms with van der Waals surface area (Å²) in [7, 11) is 0. The summed E-state index contributed by atoms with van der Waals surface area (Å²) in [6, 6.07) is 10.2. The second-order valence-corrected chi connectivity index (χ2v) is 5.19. The summed E-state index contributed by atoms with van der Waals surface area (Å²) in [6.45, 7) is 5.64. The van der Waals surface area contributed by atoms with E-state index in [-0.39, 0.29) is 0 Å². The summed E-state index contributed by atoms with van der Waals surface area (Å²) in [5, 5.41) is 3.39. The van der Waals surface area contributed by atoms with Gasteiger partial charge in [0.25, 0.3) is 0 Å². The van der Waals surface area contributed by atoms with Gasteiger partial charge in [0, 0.05) is 6.04 Å². The molecule has 4 heteroatoms. The molecule has 0 saturated heterocycles. The predicted molar refractivity (Wildman–Crippen MR) is 79.3 cm³/mol. The molecule has 3 nitrogen and oxygen atoms in total. The first-order valence-electron chi connectivity index (χ1n) is 6.38. The summed E-state index contributed by atoms with van der Waals surface area (Å²) in [5.41, 5.74) is 1.24. The molecule has 2 aromatic rings. The first kappa shape index (κ1) is 14.2. The van der Waals surface area contributed by atoms with E-state index in [1.54, 1.807) is 6.26 Å². The molecular formula is C15H18BrNO2. The largest absolute Gasteiger partial charge is 0.484 e.